The van der Waals surface area contributed by atoms with Gasteiger partial charge in [-0.2, -0.15) is 0 Å². The Morgan fingerprint density at radius 1 is 0.952 bits per heavy atom. The van der Waals surface area contributed by atoms with Crippen molar-refractivity contribution in [1.82, 2.24) is 9.38 Å². The van der Waals surface area contributed by atoms with Crippen LogP contribution in [0, 0.1) is 0 Å². The van der Waals surface area contributed by atoms with Crippen LogP contribution in [0.25, 0.3) is 5.65 Å². The van der Waals surface area contributed by atoms with Gasteiger partial charge < -0.3 is 14.4 Å². The molecule has 2 aromatic rings. The summed E-state index contributed by atoms with van der Waals surface area (Å²) in [6, 6.07) is 3.93. The maximum absolute atomic E-state index is 9.91. The number of imidazole rings is 1. The van der Waals surface area contributed by atoms with E-state index >= 15 is 0 Å². The van der Waals surface area contributed by atoms with E-state index in [1.807, 2.05) is 16.5 Å². The van der Waals surface area contributed by atoms with E-state index in [0.717, 1.165) is 22.6 Å². The smallest absolute Gasteiger partial charge is 0.422 e. The number of pyridine rings is 1. The van der Waals surface area contributed by atoms with Crippen molar-refractivity contribution in [3.63, 3.8) is 0 Å². The molecule has 0 radical (unpaired) electrons. The van der Waals surface area contributed by atoms with E-state index in [-0.39, 0.29) is 11.8 Å². The Morgan fingerprint density at radius 2 is 1.57 bits per heavy atom. The van der Waals surface area contributed by atoms with E-state index in [1.165, 1.54) is 0 Å². The van der Waals surface area contributed by atoms with Crippen LogP contribution in [-0.4, -0.2) is 26.6 Å². The summed E-state index contributed by atoms with van der Waals surface area (Å²) in [6.45, 7) is 12.6. The van der Waals surface area contributed by atoms with Crippen LogP contribution >= 0.6 is 0 Å². The van der Waals surface area contributed by atoms with Crippen LogP contribution < -0.4 is 5.59 Å². The third kappa shape index (κ3) is 2.72. The second kappa shape index (κ2) is 5.81. The second-order valence-electron chi connectivity index (χ2n) is 6.59. The van der Waals surface area contributed by atoms with Gasteiger partial charge in [-0.3, -0.25) is 0 Å². The first-order valence-electron chi connectivity index (χ1n) is 7.66. The van der Waals surface area contributed by atoms with Crippen molar-refractivity contribution in [1.29, 1.82) is 0 Å². The Morgan fingerprint density at radius 3 is 2.00 bits per heavy atom. The number of hydrogen-bond acceptors (Lipinski definition) is 3. The molecular weight excluding hydrogens is 263 g/mol. The molecule has 21 heavy (non-hydrogen) atoms. The van der Waals surface area contributed by atoms with Crippen molar-refractivity contribution < 1.29 is 10.0 Å². The van der Waals surface area contributed by atoms with E-state index in [2.05, 4.69) is 41.5 Å². The molecule has 0 bridgehead atoms. The quantitative estimate of drug-likeness (QED) is 0.849. The minimum Gasteiger partial charge on any atom is -0.422 e. The van der Waals surface area contributed by atoms with Gasteiger partial charge in [0.25, 0.3) is 0 Å². The molecule has 2 rings (SSSR count). The maximum Gasteiger partial charge on any atom is 0.506 e. The largest absolute Gasteiger partial charge is 0.506 e. The van der Waals surface area contributed by atoms with Gasteiger partial charge in [0.15, 0.2) is 0 Å². The third-order valence-corrected chi connectivity index (χ3v) is 3.88. The number of hydrogen-bond donors (Lipinski definition) is 2. The van der Waals surface area contributed by atoms with Gasteiger partial charge in [-0.05, 0) is 29.4 Å². The molecule has 4 nitrogen and oxygen atoms in total. The summed E-state index contributed by atoms with van der Waals surface area (Å²) in [5.41, 5.74) is 4.39. The molecule has 0 fully saturated rings. The van der Waals surface area contributed by atoms with Gasteiger partial charge in [0.05, 0.1) is 11.3 Å². The van der Waals surface area contributed by atoms with Gasteiger partial charge in [0, 0.05) is 5.69 Å². The van der Waals surface area contributed by atoms with Crippen LogP contribution in [0.1, 0.15) is 76.2 Å². The fourth-order valence-corrected chi connectivity index (χ4v) is 2.94. The molecule has 0 amide bonds. The van der Waals surface area contributed by atoms with Gasteiger partial charge in [0.1, 0.15) is 5.65 Å². The fourth-order valence-electron chi connectivity index (χ4n) is 2.94. The Kier molecular flexibility index (Phi) is 4.44. The van der Waals surface area contributed by atoms with E-state index in [4.69, 9.17) is 4.98 Å². The Balaban J connectivity index is 2.93. The predicted octanol–water partition coefficient (Wildman–Crippen LogP) is 2.38. The first-order chi connectivity index (χ1) is 9.75. The van der Waals surface area contributed by atoms with Crippen LogP contribution in [-0.2, 0) is 0 Å². The molecule has 0 unspecified atom stereocenters. The van der Waals surface area contributed by atoms with Gasteiger partial charge in [-0.15, -0.1) is 0 Å². The Labute approximate surface area is 127 Å². The van der Waals surface area contributed by atoms with Crippen LogP contribution in [0.5, 0.6) is 0 Å². The van der Waals surface area contributed by atoms with Crippen molar-refractivity contribution >= 4 is 18.4 Å². The summed E-state index contributed by atoms with van der Waals surface area (Å²) < 4.78 is 1.94. The van der Waals surface area contributed by atoms with Crippen molar-refractivity contribution in [3.8, 4) is 0 Å². The highest BCUT2D eigenvalue weighted by Crippen LogP contribution is 2.27. The molecule has 2 N–H and O–H groups in total. The van der Waals surface area contributed by atoms with Crippen molar-refractivity contribution in [3.05, 3.63) is 29.1 Å². The first-order valence-corrected chi connectivity index (χ1v) is 7.66. The molecule has 2 heterocycles. The lowest BCUT2D eigenvalue weighted by Crippen LogP contribution is -2.39. The number of fused-ring (bicyclic) bond motifs is 1. The van der Waals surface area contributed by atoms with Gasteiger partial charge in [-0.1, -0.05) is 47.6 Å². The summed E-state index contributed by atoms with van der Waals surface area (Å²) in [5, 5.41) is 19.8. The van der Waals surface area contributed by atoms with Crippen LogP contribution in [0.15, 0.2) is 12.1 Å². The standard InChI is InChI=1S/C16H25BN2O2/c1-9(2)12-7-8-13-18-14(10(3)4)15(11(5)6)19(13)16(12)17(20)21/h7-11,20-21H,1-6H3. The summed E-state index contributed by atoms with van der Waals surface area (Å²) in [6.07, 6.45) is 0. The minimum atomic E-state index is -1.50. The minimum absolute atomic E-state index is 0.219. The highest BCUT2D eigenvalue weighted by Gasteiger charge is 2.27. The van der Waals surface area contributed by atoms with E-state index < -0.39 is 7.12 Å². The van der Waals surface area contributed by atoms with Crippen LogP contribution in [0.3, 0.4) is 0 Å². The molecule has 0 saturated heterocycles. The summed E-state index contributed by atoms with van der Waals surface area (Å²) in [4.78, 5) is 4.72. The summed E-state index contributed by atoms with van der Waals surface area (Å²) in [7, 11) is -1.50. The molecule has 0 spiro atoms. The molecule has 2 aromatic heterocycles. The molecule has 114 valence electrons. The molecule has 5 heteroatoms. The molecule has 0 aromatic carbocycles. The highest BCUT2D eigenvalue weighted by atomic mass is 16.4. The van der Waals surface area contributed by atoms with E-state index in [9.17, 15) is 10.0 Å². The second-order valence-corrected chi connectivity index (χ2v) is 6.59. The summed E-state index contributed by atoms with van der Waals surface area (Å²) in [5.74, 6) is 0.780. The lowest BCUT2D eigenvalue weighted by Gasteiger charge is -2.18. The van der Waals surface area contributed by atoms with Gasteiger partial charge in [0.2, 0.25) is 0 Å². The molecule has 0 aliphatic rings. The Hall–Kier alpha value is -1.33. The molecular formula is C16H25BN2O2. The van der Waals surface area contributed by atoms with Crippen molar-refractivity contribution in [2.24, 2.45) is 0 Å². The fraction of sp³-hybridized carbons (Fsp3) is 0.562. The zero-order valence-corrected chi connectivity index (χ0v) is 13.8. The average Bonchev–Trinajstić information content (AvgIpc) is 2.76. The van der Waals surface area contributed by atoms with E-state index in [1.54, 1.807) is 0 Å². The zero-order valence-electron chi connectivity index (χ0n) is 13.8. The van der Waals surface area contributed by atoms with Gasteiger partial charge in [-0.25, -0.2) is 4.98 Å². The number of nitrogens with zero attached hydrogens (tertiary/aromatic N) is 2. The topological polar surface area (TPSA) is 57.8 Å². The zero-order chi connectivity index (χ0) is 15.9. The average molecular weight is 288 g/mol. The van der Waals surface area contributed by atoms with Gasteiger partial charge >= 0.3 is 7.12 Å². The lowest BCUT2D eigenvalue weighted by molar-refractivity contribution is 0.422. The van der Waals surface area contributed by atoms with Crippen LogP contribution in [0.2, 0.25) is 0 Å². The van der Waals surface area contributed by atoms with Crippen molar-refractivity contribution in [2.75, 3.05) is 0 Å². The highest BCUT2D eigenvalue weighted by molar-refractivity contribution is 6.58. The van der Waals surface area contributed by atoms with Crippen LogP contribution in [0.4, 0.5) is 0 Å². The molecule has 0 aliphatic carbocycles. The van der Waals surface area contributed by atoms with E-state index in [0.29, 0.717) is 11.5 Å². The molecule has 0 aliphatic heterocycles. The first kappa shape index (κ1) is 16.1. The maximum atomic E-state index is 9.91. The molecule has 0 saturated carbocycles. The monoisotopic (exact) mass is 288 g/mol. The summed E-state index contributed by atoms with van der Waals surface area (Å²) >= 11 is 0. The number of aromatic nitrogens is 2. The lowest BCUT2D eigenvalue weighted by atomic mass is 9.78. The normalized spacial score (nSPS) is 12.1. The Bertz CT molecular complexity index is 639. The number of rotatable bonds is 4. The van der Waals surface area contributed by atoms with Crippen molar-refractivity contribution in [2.45, 2.75) is 59.3 Å². The third-order valence-electron chi connectivity index (χ3n) is 3.88. The predicted molar refractivity (Wildman–Crippen MR) is 87.3 cm³/mol. The molecule has 0 atom stereocenters. The SMILES string of the molecule is CC(C)c1ccc2nc(C(C)C)c(C(C)C)n2c1B(O)O.